The van der Waals surface area contributed by atoms with E-state index in [9.17, 15) is 4.79 Å². The molecule has 5 heteroatoms. The highest BCUT2D eigenvalue weighted by molar-refractivity contribution is 5.75. The summed E-state index contributed by atoms with van der Waals surface area (Å²) in [6.07, 6.45) is 3.76. The first-order valence-electron chi connectivity index (χ1n) is 7.40. The molecular weight excluding hydrogens is 240 g/mol. The summed E-state index contributed by atoms with van der Waals surface area (Å²) < 4.78 is 0. The van der Waals surface area contributed by atoms with Crippen LogP contribution in [-0.2, 0) is 4.79 Å². The first-order valence-corrected chi connectivity index (χ1v) is 7.40. The molecule has 0 bridgehead atoms. The zero-order valence-corrected chi connectivity index (χ0v) is 12.7. The third kappa shape index (κ3) is 6.89. The molecule has 0 aromatic carbocycles. The Hall–Kier alpha value is -0.650. The van der Waals surface area contributed by atoms with Crippen molar-refractivity contribution in [1.82, 2.24) is 15.1 Å². The van der Waals surface area contributed by atoms with E-state index in [2.05, 4.69) is 29.2 Å². The second kappa shape index (κ2) is 8.51. The molecular formula is C14H30N4O. The van der Waals surface area contributed by atoms with Gasteiger partial charge in [0.2, 0.25) is 5.91 Å². The number of likely N-dealkylation sites (tertiary alicyclic amines) is 1. The van der Waals surface area contributed by atoms with Crippen LogP contribution >= 0.6 is 0 Å². The molecule has 1 unspecified atom stereocenters. The van der Waals surface area contributed by atoms with E-state index in [1.54, 1.807) is 0 Å². The van der Waals surface area contributed by atoms with Crippen molar-refractivity contribution >= 4 is 5.91 Å². The summed E-state index contributed by atoms with van der Waals surface area (Å²) in [4.78, 5) is 16.3. The maximum Gasteiger partial charge on any atom is 0.220 e. The molecule has 1 rings (SSSR count). The number of carbonyl (C=O) groups is 1. The lowest BCUT2D eigenvalue weighted by molar-refractivity contribution is -0.121. The van der Waals surface area contributed by atoms with Gasteiger partial charge in [-0.05, 0) is 53.4 Å². The molecule has 1 atom stereocenters. The van der Waals surface area contributed by atoms with Crippen molar-refractivity contribution in [3.63, 3.8) is 0 Å². The first-order chi connectivity index (χ1) is 8.99. The van der Waals surface area contributed by atoms with Crippen molar-refractivity contribution in [1.29, 1.82) is 0 Å². The summed E-state index contributed by atoms with van der Waals surface area (Å²) in [6.45, 7) is 5.92. The van der Waals surface area contributed by atoms with Gasteiger partial charge in [0.05, 0.1) is 0 Å². The molecule has 1 heterocycles. The molecule has 0 saturated carbocycles. The predicted molar refractivity (Wildman–Crippen MR) is 79.0 cm³/mol. The van der Waals surface area contributed by atoms with Gasteiger partial charge in [-0.2, -0.15) is 0 Å². The molecule has 1 fully saturated rings. The van der Waals surface area contributed by atoms with Gasteiger partial charge >= 0.3 is 0 Å². The fourth-order valence-electron chi connectivity index (χ4n) is 2.46. The summed E-state index contributed by atoms with van der Waals surface area (Å²) in [5, 5.41) is 2.97. The van der Waals surface area contributed by atoms with Gasteiger partial charge < -0.3 is 20.9 Å². The number of piperidine rings is 1. The molecule has 112 valence electrons. The Balaban J connectivity index is 2.06. The average Bonchev–Trinajstić information content (AvgIpc) is 2.37. The molecule has 0 aliphatic carbocycles. The van der Waals surface area contributed by atoms with Gasteiger partial charge in [-0.1, -0.05) is 0 Å². The zero-order valence-electron chi connectivity index (χ0n) is 12.7. The number of nitrogens with one attached hydrogen (secondary N) is 1. The van der Waals surface area contributed by atoms with E-state index in [0.29, 0.717) is 6.42 Å². The van der Waals surface area contributed by atoms with Gasteiger partial charge in [0.15, 0.2) is 0 Å². The smallest absolute Gasteiger partial charge is 0.220 e. The van der Waals surface area contributed by atoms with Crippen molar-refractivity contribution in [3.05, 3.63) is 0 Å². The van der Waals surface area contributed by atoms with Crippen LogP contribution in [0.1, 0.15) is 32.6 Å². The number of amides is 1. The van der Waals surface area contributed by atoms with E-state index >= 15 is 0 Å². The third-order valence-electron chi connectivity index (χ3n) is 3.86. The van der Waals surface area contributed by atoms with Crippen LogP contribution in [0.2, 0.25) is 0 Å². The van der Waals surface area contributed by atoms with Gasteiger partial charge in [0.1, 0.15) is 0 Å². The molecule has 5 nitrogen and oxygen atoms in total. The molecule has 0 spiro atoms. The lowest BCUT2D eigenvalue weighted by atomic mass is 10.0. The molecule has 1 aliphatic heterocycles. The maximum absolute atomic E-state index is 11.5. The lowest BCUT2D eigenvalue weighted by Gasteiger charge is -2.35. The highest BCUT2D eigenvalue weighted by Crippen LogP contribution is 2.13. The topological polar surface area (TPSA) is 61.6 Å². The number of rotatable bonds is 7. The second-order valence-corrected chi connectivity index (χ2v) is 5.90. The molecule has 0 aromatic heterocycles. The molecule has 3 N–H and O–H groups in total. The summed E-state index contributed by atoms with van der Waals surface area (Å²) >= 11 is 0. The average molecular weight is 270 g/mol. The molecule has 0 radical (unpaired) electrons. The standard InChI is InChI=1S/C14H30N4O/c1-12(15)4-5-14(19)16-8-11-18-9-6-13(7-10-18)17(2)3/h12-13H,4-11,15H2,1-3H3,(H,16,19). The number of hydrogen-bond donors (Lipinski definition) is 2. The highest BCUT2D eigenvalue weighted by Gasteiger charge is 2.19. The summed E-state index contributed by atoms with van der Waals surface area (Å²) in [7, 11) is 4.30. The van der Waals surface area contributed by atoms with Crippen molar-refractivity contribution in [2.45, 2.75) is 44.7 Å². The Labute approximate surface area is 117 Å². The van der Waals surface area contributed by atoms with Crippen LogP contribution in [0.15, 0.2) is 0 Å². The Bertz CT molecular complexity index is 260. The van der Waals surface area contributed by atoms with Crippen molar-refractivity contribution in [3.8, 4) is 0 Å². The van der Waals surface area contributed by atoms with Crippen LogP contribution in [0.4, 0.5) is 0 Å². The summed E-state index contributed by atoms with van der Waals surface area (Å²) in [5.74, 6) is 0.125. The van der Waals surface area contributed by atoms with Crippen LogP contribution in [0, 0.1) is 0 Å². The summed E-state index contributed by atoms with van der Waals surface area (Å²) in [5.41, 5.74) is 5.63. The van der Waals surface area contributed by atoms with Crippen molar-refractivity contribution < 1.29 is 4.79 Å². The van der Waals surface area contributed by atoms with E-state index < -0.39 is 0 Å². The predicted octanol–water partition coefficient (Wildman–Crippen LogP) is 0.256. The van der Waals surface area contributed by atoms with Gasteiger partial charge in [-0.25, -0.2) is 0 Å². The Morgan fingerprint density at radius 1 is 1.42 bits per heavy atom. The van der Waals surface area contributed by atoms with Gasteiger partial charge in [0, 0.05) is 31.6 Å². The lowest BCUT2D eigenvalue weighted by Crippen LogP contribution is -2.44. The van der Waals surface area contributed by atoms with Gasteiger partial charge in [-0.15, -0.1) is 0 Å². The Kier molecular flexibility index (Phi) is 7.34. The molecule has 1 aliphatic rings. The number of nitrogens with two attached hydrogens (primary N) is 1. The normalized spacial score (nSPS) is 19.6. The number of nitrogens with zero attached hydrogens (tertiary/aromatic N) is 2. The number of hydrogen-bond acceptors (Lipinski definition) is 4. The monoisotopic (exact) mass is 270 g/mol. The minimum atomic E-state index is 0.107. The zero-order chi connectivity index (χ0) is 14.3. The summed E-state index contributed by atoms with van der Waals surface area (Å²) in [6, 6.07) is 0.827. The maximum atomic E-state index is 11.5. The number of carbonyl (C=O) groups excluding carboxylic acids is 1. The highest BCUT2D eigenvalue weighted by atomic mass is 16.1. The minimum Gasteiger partial charge on any atom is -0.355 e. The van der Waals surface area contributed by atoms with E-state index in [1.807, 2.05) is 6.92 Å². The second-order valence-electron chi connectivity index (χ2n) is 5.90. The largest absolute Gasteiger partial charge is 0.355 e. The third-order valence-corrected chi connectivity index (χ3v) is 3.86. The van der Waals surface area contributed by atoms with Gasteiger partial charge in [-0.3, -0.25) is 4.79 Å². The van der Waals surface area contributed by atoms with Crippen LogP contribution in [0.3, 0.4) is 0 Å². The van der Waals surface area contributed by atoms with Crippen molar-refractivity contribution in [2.75, 3.05) is 40.3 Å². The molecule has 19 heavy (non-hydrogen) atoms. The Morgan fingerprint density at radius 3 is 2.58 bits per heavy atom. The van der Waals surface area contributed by atoms with Crippen LogP contribution in [0.25, 0.3) is 0 Å². The van der Waals surface area contributed by atoms with E-state index in [1.165, 1.54) is 12.8 Å². The fourth-order valence-corrected chi connectivity index (χ4v) is 2.46. The van der Waals surface area contributed by atoms with Crippen LogP contribution in [0.5, 0.6) is 0 Å². The minimum absolute atomic E-state index is 0.107. The molecule has 1 saturated heterocycles. The van der Waals surface area contributed by atoms with E-state index in [-0.39, 0.29) is 11.9 Å². The quantitative estimate of drug-likeness (QED) is 0.696. The SMILES string of the molecule is CC(N)CCC(=O)NCCN1CCC(N(C)C)CC1. The van der Waals surface area contributed by atoms with E-state index in [0.717, 1.165) is 38.6 Å². The van der Waals surface area contributed by atoms with Crippen LogP contribution in [-0.4, -0.2) is 68.1 Å². The van der Waals surface area contributed by atoms with Crippen LogP contribution < -0.4 is 11.1 Å². The molecule has 0 aromatic rings. The first kappa shape index (κ1) is 16.4. The van der Waals surface area contributed by atoms with Gasteiger partial charge in [0.25, 0.3) is 0 Å². The van der Waals surface area contributed by atoms with Crippen molar-refractivity contribution in [2.24, 2.45) is 5.73 Å². The molecule has 1 amide bonds. The fraction of sp³-hybridized carbons (Fsp3) is 0.929. The van der Waals surface area contributed by atoms with E-state index in [4.69, 9.17) is 5.73 Å². The Morgan fingerprint density at radius 2 is 2.05 bits per heavy atom.